The van der Waals surface area contributed by atoms with Gasteiger partial charge in [0.25, 0.3) is 10.1 Å². The largest absolute Gasteiger partial charge is 0.462 e. The highest BCUT2D eigenvalue weighted by Gasteiger charge is 2.46. The van der Waals surface area contributed by atoms with Crippen molar-refractivity contribution in [3.63, 3.8) is 0 Å². The summed E-state index contributed by atoms with van der Waals surface area (Å²) in [7, 11) is -4.60. The number of carbonyl (C=O) groups excluding carboxylic acids is 2. The molecule has 1 fully saturated rings. The zero-order chi connectivity index (χ0) is 43.4. The van der Waals surface area contributed by atoms with E-state index < -0.39 is 71.2 Å². The summed E-state index contributed by atoms with van der Waals surface area (Å²) in [5, 5.41) is 30.9. The van der Waals surface area contributed by atoms with Crippen LogP contribution in [0.2, 0.25) is 0 Å². The summed E-state index contributed by atoms with van der Waals surface area (Å²) in [4.78, 5) is 25.4. The van der Waals surface area contributed by atoms with E-state index in [1.165, 1.54) is 77.0 Å². The minimum Gasteiger partial charge on any atom is -0.462 e. The number of hydrogen-bond donors (Lipinski definition) is 4. The Bertz CT molecular complexity index is 1240. The van der Waals surface area contributed by atoms with Gasteiger partial charge in [0.1, 0.15) is 36.8 Å². The number of aliphatic hydroxyl groups excluding tert-OH is 3. The Balaban J connectivity index is 2.44. The van der Waals surface area contributed by atoms with Gasteiger partial charge in [-0.25, -0.2) is 0 Å². The van der Waals surface area contributed by atoms with Crippen LogP contribution in [0.25, 0.3) is 0 Å². The molecule has 0 saturated carbocycles. The molecule has 1 aliphatic rings. The number of unbranched alkanes of at least 4 members (excludes halogenated alkanes) is 20. The summed E-state index contributed by atoms with van der Waals surface area (Å²) in [5.74, 6) is -2.01. The molecule has 344 valence electrons. The molecule has 0 amide bonds. The molecule has 0 spiro atoms. The van der Waals surface area contributed by atoms with Gasteiger partial charge >= 0.3 is 11.9 Å². The Morgan fingerprint density at radius 3 is 1.56 bits per heavy atom. The van der Waals surface area contributed by atoms with Crippen LogP contribution in [0, 0.1) is 0 Å². The molecule has 0 radical (unpaired) electrons. The topological polar surface area (TPSA) is 186 Å². The van der Waals surface area contributed by atoms with Crippen LogP contribution in [0.3, 0.4) is 0 Å². The standard InChI is InChI=1S/C46H82O12S/c1-3-5-7-9-11-13-15-17-19-20-21-23-24-26-28-30-32-34-41(47)55-36-39(37-56-46-45(51)44(50)43(49)40(58-46)38-59(52,53)54)57-42(48)35-33-31-29-27-25-22-18-16-14-12-10-8-6-4-2/h10,12,16-19,39-40,43-46,49-51H,3-9,11,13-15,20-38H2,1-2H3,(H,52,53,54)/b12-10+,18-16+,19-17+/t39-,40-,43-,44?,45?,46+/m1/s1. The number of esters is 2. The zero-order valence-electron chi connectivity index (χ0n) is 36.6. The highest BCUT2D eigenvalue weighted by molar-refractivity contribution is 7.85. The molecule has 0 aromatic heterocycles. The minimum atomic E-state index is -4.60. The smallest absolute Gasteiger partial charge is 0.306 e. The van der Waals surface area contributed by atoms with Crippen molar-refractivity contribution < 1.29 is 56.8 Å². The van der Waals surface area contributed by atoms with Crippen LogP contribution in [0.1, 0.15) is 187 Å². The van der Waals surface area contributed by atoms with Gasteiger partial charge in [0.15, 0.2) is 12.4 Å². The molecule has 6 atom stereocenters. The molecule has 59 heavy (non-hydrogen) atoms. The summed E-state index contributed by atoms with van der Waals surface area (Å²) in [6, 6.07) is 0. The van der Waals surface area contributed by atoms with Gasteiger partial charge in [-0.1, -0.05) is 147 Å². The van der Waals surface area contributed by atoms with Crippen molar-refractivity contribution in [2.75, 3.05) is 19.0 Å². The maximum atomic E-state index is 12.8. The molecule has 0 aliphatic carbocycles. The van der Waals surface area contributed by atoms with Crippen LogP contribution >= 0.6 is 0 Å². The summed E-state index contributed by atoms with van der Waals surface area (Å²) >= 11 is 0. The van der Waals surface area contributed by atoms with Crippen LogP contribution < -0.4 is 0 Å². The highest BCUT2D eigenvalue weighted by Crippen LogP contribution is 2.24. The van der Waals surface area contributed by atoms with Crippen molar-refractivity contribution in [1.29, 1.82) is 0 Å². The maximum absolute atomic E-state index is 12.8. The minimum absolute atomic E-state index is 0.147. The van der Waals surface area contributed by atoms with Crippen molar-refractivity contribution in [2.45, 2.75) is 224 Å². The third-order valence-electron chi connectivity index (χ3n) is 10.4. The number of carbonyl (C=O) groups is 2. The Morgan fingerprint density at radius 2 is 1.03 bits per heavy atom. The number of ether oxygens (including phenoxy) is 4. The van der Waals surface area contributed by atoms with Crippen molar-refractivity contribution >= 4 is 22.1 Å². The van der Waals surface area contributed by atoms with Crippen LogP contribution in [0.4, 0.5) is 0 Å². The normalized spacial score (nSPS) is 20.5. The predicted molar refractivity (Wildman–Crippen MR) is 233 cm³/mol. The van der Waals surface area contributed by atoms with Crippen LogP contribution in [0.5, 0.6) is 0 Å². The average Bonchev–Trinajstić information content (AvgIpc) is 3.20. The molecular formula is C46H82O12S. The molecule has 1 aliphatic heterocycles. The SMILES string of the molecule is CCCC/C=C/C/C=C/CCCCCCCC(=O)O[C@H](COC(=O)CCCCCCCCC/C=C/CCCCCCCC)CO[C@H]1O[C@H](CS(=O)(=O)O)[C@@H](O)C(O)C1O. The molecule has 4 N–H and O–H groups in total. The average molecular weight is 859 g/mol. The molecule has 1 heterocycles. The lowest BCUT2D eigenvalue weighted by molar-refractivity contribution is -0.297. The van der Waals surface area contributed by atoms with Crippen molar-refractivity contribution in [2.24, 2.45) is 0 Å². The molecule has 2 unspecified atom stereocenters. The van der Waals surface area contributed by atoms with E-state index >= 15 is 0 Å². The Labute approximate surface area is 357 Å². The van der Waals surface area contributed by atoms with Gasteiger partial charge in [-0.05, 0) is 64.2 Å². The second-order valence-corrected chi connectivity index (χ2v) is 17.6. The predicted octanol–water partition coefficient (Wildman–Crippen LogP) is 9.39. The van der Waals surface area contributed by atoms with E-state index in [0.29, 0.717) is 12.8 Å². The van der Waals surface area contributed by atoms with E-state index in [2.05, 4.69) is 50.3 Å². The van der Waals surface area contributed by atoms with Crippen LogP contribution in [-0.4, -0.2) is 96.0 Å². The number of allylic oxidation sites excluding steroid dienone is 6. The first-order chi connectivity index (χ1) is 28.5. The number of rotatable bonds is 38. The lowest BCUT2D eigenvalue weighted by Gasteiger charge is -2.40. The Morgan fingerprint density at radius 1 is 0.576 bits per heavy atom. The van der Waals surface area contributed by atoms with E-state index in [4.69, 9.17) is 18.9 Å². The third-order valence-corrected chi connectivity index (χ3v) is 11.2. The second-order valence-electron chi connectivity index (χ2n) is 16.1. The van der Waals surface area contributed by atoms with Gasteiger partial charge in [0, 0.05) is 12.8 Å². The Kier molecular flexibility index (Phi) is 34.0. The quantitative estimate of drug-likeness (QED) is 0.0200. The van der Waals surface area contributed by atoms with Gasteiger partial charge in [0.05, 0.1) is 6.61 Å². The van der Waals surface area contributed by atoms with Crippen molar-refractivity contribution in [3.05, 3.63) is 36.5 Å². The van der Waals surface area contributed by atoms with E-state index in [0.717, 1.165) is 70.6 Å². The molecule has 0 aromatic rings. The van der Waals surface area contributed by atoms with Gasteiger partial charge in [-0.2, -0.15) is 8.42 Å². The third kappa shape index (κ3) is 31.4. The molecule has 13 heteroatoms. The van der Waals surface area contributed by atoms with Gasteiger partial charge in [0.2, 0.25) is 0 Å². The molecule has 0 bridgehead atoms. The summed E-state index contributed by atoms with van der Waals surface area (Å²) < 4.78 is 54.0. The highest BCUT2D eigenvalue weighted by atomic mass is 32.2. The first-order valence-electron chi connectivity index (χ1n) is 23.0. The van der Waals surface area contributed by atoms with Gasteiger partial charge in [-0.3, -0.25) is 14.1 Å². The van der Waals surface area contributed by atoms with Crippen molar-refractivity contribution in [3.8, 4) is 0 Å². The van der Waals surface area contributed by atoms with Crippen molar-refractivity contribution in [1.82, 2.24) is 0 Å². The van der Waals surface area contributed by atoms with Crippen LogP contribution in [0.15, 0.2) is 36.5 Å². The summed E-state index contributed by atoms with van der Waals surface area (Å²) in [5.41, 5.74) is 0. The monoisotopic (exact) mass is 859 g/mol. The fraction of sp³-hybridized carbons (Fsp3) is 0.826. The van der Waals surface area contributed by atoms with E-state index in [9.17, 15) is 37.9 Å². The molecule has 0 aromatic carbocycles. The fourth-order valence-electron chi connectivity index (χ4n) is 6.80. The molecule has 12 nitrogen and oxygen atoms in total. The molecule has 1 rings (SSSR count). The lowest BCUT2D eigenvalue weighted by atomic mass is 10.00. The summed E-state index contributed by atoms with van der Waals surface area (Å²) in [6.45, 7) is 3.70. The fourth-order valence-corrected chi connectivity index (χ4v) is 7.50. The molecular weight excluding hydrogens is 777 g/mol. The molecule has 1 saturated heterocycles. The maximum Gasteiger partial charge on any atom is 0.306 e. The lowest BCUT2D eigenvalue weighted by Crippen LogP contribution is -2.60. The Hall–Kier alpha value is -2.13. The summed E-state index contributed by atoms with van der Waals surface area (Å²) in [6.07, 6.45) is 31.8. The zero-order valence-corrected chi connectivity index (χ0v) is 37.4. The van der Waals surface area contributed by atoms with E-state index in [1.54, 1.807) is 0 Å². The first-order valence-corrected chi connectivity index (χ1v) is 24.7. The number of hydrogen-bond acceptors (Lipinski definition) is 11. The van der Waals surface area contributed by atoms with E-state index in [-0.39, 0.29) is 19.4 Å². The second kappa shape index (κ2) is 36.5. The number of aliphatic hydroxyl groups is 3. The van der Waals surface area contributed by atoms with Gasteiger partial charge in [-0.15, -0.1) is 0 Å². The van der Waals surface area contributed by atoms with E-state index in [1.807, 2.05) is 0 Å². The van der Waals surface area contributed by atoms with Gasteiger partial charge < -0.3 is 34.3 Å². The van der Waals surface area contributed by atoms with Crippen LogP contribution in [-0.2, 0) is 38.7 Å². The first kappa shape index (κ1) is 54.9.